The summed E-state index contributed by atoms with van der Waals surface area (Å²) < 4.78 is 0. The number of anilines is 6. The molecule has 1 unspecified atom stereocenters. The lowest BCUT2D eigenvalue weighted by molar-refractivity contribution is -0.384. The molecule has 0 saturated carbocycles. The van der Waals surface area contributed by atoms with Crippen molar-refractivity contribution in [3.63, 3.8) is 0 Å². The standard InChI is InChI=1S/C27H40N10O2/c1-4-6-8-20(5-2)19-30-27-32-25(28)31-26(33-27)29-17-7-18-36(3)23-13-9-21(10-14-23)34-35-22-11-15-24(16-12-22)37(38)39/h9-16,20,34-35H,4-8,17-19H2,1-3H3,(H4,28,29,30,31,32,33). The van der Waals surface area contributed by atoms with E-state index in [4.69, 9.17) is 5.73 Å². The maximum atomic E-state index is 10.8. The molecule has 12 heteroatoms. The largest absolute Gasteiger partial charge is 0.375 e. The lowest BCUT2D eigenvalue weighted by Gasteiger charge is -2.20. The van der Waals surface area contributed by atoms with Gasteiger partial charge in [-0.1, -0.05) is 33.1 Å². The van der Waals surface area contributed by atoms with Crippen molar-refractivity contribution in [2.75, 3.05) is 58.8 Å². The number of hydrogen-bond donors (Lipinski definition) is 5. The second kappa shape index (κ2) is 15.2. The van der Waals surface area contributed by atoms with Crippen molar-refractivity contribution >= 4 is 40.6 Å². The molecule has 0 spiro atoms. The predicted octanol–water partition coefficient (Wildman–Crippen LogP) is 5.37. The van der Waals surface area contributed by atoms with Gasteiger partial charge in [-0.05, 0) is 55.2 Å². The number of benzene rings is 2. The van der Waals surface area contributed by atoms with Gasteiger partial charge in [0.25, 0.3) is 5.69 Å². The zero-order chi connectivity index (χ0) is 28.0. The van der Waals surface area contributed by atoms with Gasteiger partial charge in [-0.2, -0.15) is 15.0 Å². The fourth-order valence-electron chi connectivity index (χ4n) is 3.98. The zero-order valence-corrected chi connectivity index (χ0v) is 23.0. The number of nitrogens with zero attached hydrogens (tertiary/aromatic N) is 5. The Labute approximate surface area is 230 Å². The number of aromatic nitrogens is 3. The van der Waals surface area contributed by atoms with Crippen LogP contribution in [0.2, 0.25) is 0 Å². The van der Waals surface area contributed by atoms with E-state index in [0.717, 1.165) is 43.0 Å². The van der Waals surface area contributed by atoms with E-state index in [1.807, 2.05) is 31.3 Å². The summed E-state index contributed by atoms with van der Waals surface area (Å²) in [6.45, 7) is 6.77. The van der Waals surface area contributed by atoms with Gasteiger partial charge in [0.05, 0.1) is 16.3 Å². The monoisotopic (exact) mass is 536 g/mol. The average Bonchev–Trinajstić information content (AvgIpc) is 2.94. The Morgan fingerprint density at radius 2 is 1.54 bits per heavy atom. The minimum atomic E-state index is -0.420. The molecule has 1 atom stereocenters. The number of nitro benzene ring substituents is 1. The summed E-state index contributed by atoms with van der Waals surface area (Å²) in [5.74, 6) is 1.77. The first-order chi connectivity index (χ1) is 18.9. The number of nitrogen functional groups attached to an aromatic ring is 1. The lowest BCUT2D eigenvalue weighted by Crippen LogP contribution is -2.21. The fourth-order valence-corrected chi connectivity index (χ4v) is 3.98. The molecule has 210 valence electrons. The van der Waals surface area contributed by atoms with Crippen LogP contribution in [0.3, 0.4) is 0 Å². The molecule has 3 aromatic rings. The van der Waals surface area contributed by atoms with Crippen molar-refractivity contribution < 1.29 is 4.92 Å². The number of rotatable bonds is 17. The van der Waals surface area contributed by atoms with Crippen molar-refractivity contribution in [3.05, 3.63) is 58.6 Å². The van der Waals surface area contributed by atoms with Crippen LogP contribution in [0.25, 0.3) is 0 Å². The van der Waals surface area contributed by atoms with Crippen LogP contribution < -0.4 is 32.1 Å². The van der Waals surface area contributed by atoms with Crippen molar-refractivity contribution in [1.29, 1.82) is 0 Å². The number of hydrogen-bond acceptors (Lipinski definition) is 11. The summed E-state index contributed by atoms with van der Waals surface area (Å²) in [5.41, 5.74) is 14.8. The quantitative estimate of drug-likeness (QED) is 0.0857. The number of nitrogens with one attached hydrogen (secondary N) is 4. The highest BCUT2D eigenvalue weighted by Gasteiger charge is 2.09. The molecule has 39 heavy (non-hydrogen) atoms. The minimum Gasteiger partial charge on any atom is -0.375 e. The van der Waals surface area contributed by atoms with Gasteiger partial charge in [0.15, 0.2) is 0 Å². The van der Waals surface area contributed by atoms with Crippen LogP contribution in [-0.4, -0.2) is 46.6 Å². The highest BCUT2D eigenvalue weighted by molar-refractivity contribution is 5.58. The van der Waals surface area contributed by atoms with Crippen LogP contribution in [0.5, 0.6) is 0 Å². The average molecular weight is 537 g/mol. The maximum absolute atomic E-state index is 10.8. The van der Waals surface area contributed by atoms with Gasteiger partial charge < -0.3 is 32.1 Å². The third kappa shape index (κ3) is 9.80. The molecule has 1 aromatic heterocycles. The number of nitrogens with two attached hydrogens (primary N) is 1. The van der Waals surface area contributed by atoms with Gasteiger partial charge in [-0.15, -0.1) is 0 Å². The molecule has 1 heterocycles. The highest BCUT2D eigenvalue weighted by Crippen LogP contribution is 2.19. The molecule has 3 rings (SSSR count). The summed E-state index contributed by atoms with van der Waals surface area (Å²) in [7, 11) is 2.04. The van der Waals surface area contributed by atoms with Crippen LogP contribution in [0.15, 0.2) is 48.5 Å². The number of nitro groups is 1. The van der Waals surface area contributed by atoms with E-state index in [0.29, 0.717) is 24.4 Å². The predicted molar refractivity (Wildman–Crippen MR) is 159 cm³/mol. The Hall–Kier alpha value is -4.35. The molecule has 0 aliphatic carbocycles. The molecule has 0 bridgehead atoms. The van der Waals surface area contributed by atoms with Crippen molar-refractivity contribution in [1.82, 2.24) is 15.0 Å². The smallest absolute Gasteiger partial charge is 0.269 e. The normalized spacial score (nSPS) is 11.5. The Balaban J connectivity index is 1.40. The van der Waals surface area contributed by atoms with Crippen molar-refractivity contribution in [3.8, 4) is 0 Å². The molecule has 6 N–H and O–H groups in total. The summed E-state index contributed by atoms with van der Waals surface area (Å²) >= 11 is 0. The Morgan fingerprint density at radius 3 is 2.13 bits per heavy atom. The van der Waals surface area contributed by atoms with Gasteiger partial charge in [0.1, 0.15) is 0 Å². The second-order valence-electron chi connectivity index (χ2n) is 9.44. The molecular weight excluding hydrogens is 496 g/mol. The van der Waals surface area contributed by atoms with E-state index in [1.165, 1.54) is 31.4 Å². The molecule has 0 fully saturated rings. The van der Waals surface area contributed by atoms with Crippen LogP contribution in [0.4, 0.5) is 40.6 Å². The van der Waals surface area contributed by atoms with Crippen LogP contribution in [-0.2, 0) is 0 Å². The van der Waals surface area contributed by atoms with Gasteiger partial charge >= 0.3 is 0 Å². The van der Waals surface area contributed by atoms with E-state index in [-0.39, 0.29) is 11.6 Å². The first-order valence-corrected chi connectivity index (χ1v) is 13.4. The third-order valence-electron chi connectivity index (χ3n) is 6.44. The summed E-state index contributed by atoms with van der Waals surface area (Å²) in [5, 5.41) is 17.3. The van der Waals surface area contributed by atoms with Crippen molar-refractivity contribution in [2.24, 2.45) is 5.92 Å². The number of non-ortho nitro benzene ring substituents is 1. The van der Waals surface area contributed by atoms with Crippen LogP contribution in [0, 0.1) is 16.0 Å². The zero-order valence-electron chi connectivity index (χ0n) is 23.0. The molecule has 0 aliphatic heterocycles. The van der Waals surface area contributed by atoms with Crippen LogP contribution >= 0.6 is 0 Å². The molecular formula is C27H40N10O2. The Morgan fingerprint density at radius 1 is 0.923 bits per heavy atom. The van der Waals surface area contributed by atoms with Crippen LogP contribution in [0.1, 0.15) is 46.0 Å². The van der Waals surface area contributed by atoms with E-state index >= 15 is 0 Å². The van der Waals surface area contributed by atoms with E-state index in [9.17, 15) is 10.1 Å². The minimum absolute atomic E-state index is 0.0561. The van der Waals surface area contributed by atoms with Gasteiger partial charge in [0, 0.05) is 44.5 Å². The second-order valence-corrected chi connectivity index (χ2v) is 9.44. The number of hydrazine groups is 1. The Kier molecular flexibility index (Phi) is 11.4. The summed E-state index contributed by atoms with van der Waals surface area (Å²) in [6, 6.07) is 14.2. The SMILES string of the molecule is CCCCC(CC)CNc1nc(N)nc(NCCCN(C)c2ccc(NNc3ccc([N+](=O)[O-])cc3)cc2)n1. The molecule has 0 amide bonds. The fraction of sp³-hybridized carbons (Fsp3) is 0.444. The maximum Gasteiger partial charge on any atom is 0.269 e. The van der Waals surface area contributed by atoms with E-state index in [1.54, 1.807) is 12.1 Å². The highest BCUT2D eigenvalue weighted by atomic mass is 16.6. The van der Waals surface area contributed by atoms with Crippen molar-refractivity contribution in [2.45, 2.75) is 46.0 Å². The summed E-state index contributed by atoms with van der Waals surface area (Å²) in [6.07, 6.45) is 5.61. The van der Waals surface area contributed by atoms with E-state index < -0.39 is 4.92 Å². The third-order valence-corrected chi connectivity index (χ3v) is 6.44. The molecule has 0 aliphatic rings. The molecule has 0 saturated heterocycles. The topological polar surface area (TPSA) is 159 Å². The first-order valence-electron chi connectivity index (χ1n) is 13.4. The molecule has 12 nitrogen and oxygen atoms in total. The Bertz CT molecular complexity index is 1160. The van der Waals surface area contributed by atoms with Gasteiger partial charge in [-0.25, -0.2) is 0 Å². The lowest BCUT2D eigenvalue weighted by atomic mass is 9.99. The molecule has 0 radical (unpaired) electrons. The van der Waals surface area contributed by atoms with Gasteiger partial charge in [0.2, 0.25) is 17.8 Å². The first kappa shape index (κ1) is 29.2. The summed E-state index contributed by atoms with van der Waals surface area (Å²) in [4.78, 5) is 25.4. The van der Waals surface area contributed by atoms with E-state index in [2.05, 4.69) is 55.2 Å². The molecule has 2 aromatic carbocycles. The van der Waals surface area contributed by atoms with Gasteiger partial charge in [-0.3, -0.25) is 10.1 Å². The number of unbranched alkanes of at least 4 members (excludes halogenated alkanes) is 1.